The molecule has 0 aliphatic rings. The van der Waals surface area contributed by atoms with Crippen LogP contribution in [0.3, 0.4) is 0 Å². The fourth-order valence-electron chi connectivity index (χ4n) is 0.619. The molecule has 1 rings (SSSR count). The number of nitrogen functional groups attached to an aromatic ring is 2. The van der Waals surface area contributed by atoms with Gasteiger partial charge in [-0.15, -0.1) is 18.8 Å². The number of rotatable bonds is 2. The van der Waals surface area contributed by atoms with E-state index in [-0.39, 0.29) is 30.3 Å². The number of nitrogens with zero attached hydrogens (tertiary/aromatic N) is 3. The molecule has 0 atom stereocenters. The van der Waals surface area contributed by atoms with Gasteiger partial charge in [0.15, 0.2) is 0 Å². The normalized spacial score (nSPS) is 8.23. The van der Waals surface area contributed by atoms with Crippen molar-refractivity contribution >= 4 is 30.3 Å². The highest BCUT2D eigenvalue weighted by atomic mass is 35.5. The van der Waals surface area contributed by atoms with Crippen LogP contribution in [0.15, 0.2) is 0 Å². The summed E-state index contributed by atoms with van der Waals surface area (Å²) in [6.45, 7) is 0.322. The third kappa shape index (κ3) is 3.44. The van der Waals surface area contributed by atoms with Gasteiger partial charge in [-0.3, -0.25) is 0 Å². The van der Waals surface area contributed by atoms with Gasteiger partial charge >= 0.3 is 0 Å². The van der Waals surface area contributed by atoms with E-state index in [4.69, 9.17) is 17.9 Å². The smallest absolute Gasteiger partial charge is 0.230 e. The van der Waals surface area contributed by atoms with Gasteiger partial charge in [0, 0.05) is 0 Å². The summed E-state index contributed by atoms with van der Waals surface area (Å²) in [5.74, 6) is 2.79. The number of nitrogens with two attached hydrogens (primary N) is 2. The van der Waals surface area contributed by atoms with Crippen LogP contribution in [0.2, 0.25) is 0 Å². The maximum atomic E-state index is 5.30. The second kappa shape index (κ2) is 5.00. The van der Waals surface area contributed by atoms with E-state index in [0.29, 0.717) is 6.54 Å². The van der Waals surface area contributed by atoms with Crippen LogP contribution in [-0.2, 0) is 0 Å². The van der Waals surface area contributed by atoms with Gasteiger partial charge in [-0.2, -0.15) is 15.0 Å². The molecule has 0 saturated heterocycles. The van der Waals surface area contributed by atoms with Crippen LogP contribution in [0.5, 0.6) is 0 Å². The average molecular weight is 201 g/mol. The second-order valence-corrected chi connectivity index (χ2v) is 1.93. The highest BCUT2D eigenvalue weighted by Gasteiger charge is 1.98. The molecule has 0 aliphatic carbocycles. The van der Waals surface area contributed by atoms with E-state index in [0.717, 1.165) is 0 Å². The Morgan fingerprint density at radius 2 is 1.77 bits per heavy atom. The van der Waals surface area contributed by atoms with Gasteiger partial charge in [-0.05, 0) is 0 Å². The fourth-order valence-corrected chi connectivity index (χ4v) is 0.619. The van der Waals surface area contributed by atoms with Crippen molar-refractivity contribution in [1.29, 1.82) is 0 Å². The predicted molar refractivity (Wildman–Crippen MR) is 53.2 cm³/mol. The molecule has 6 nitrogen and oxygen atoms in total. The van der Waals surface area contributed by atoms with E-state index in [1.54, 1.807) is 0 Å². The average Bonchev–Trinajstić information content (AvgIpc) is 1.99. The lowest BCUT2D eigenvalue weighted by molar-refractivity contribution is 1.06. The Labute approximate surface area is 81.6 Å². The van der Waals surface area contributed by atoms with Gasteiger partial charge in [-0.1, -0.05) is 5.92 Å². The third-order valence-corrected chi connectivity index (χ3v) is 1.02. The Morgan fingerprint density at radius 3 is 2.23 bits per heavy atom. The molecule has 7 heteroatoms. The van der Waals surface area contributed by atoms with Crippen molar-refractivity contribution in [3.05, 3.63) is 0 Å². The standard InChI is InChI=1S/C6H8N6.ClH/c1-2-3-9-6-11-4(7)10-5(8)12-6;/h1H,3H2,(H5,7,8,9,10,11,12);1H. The molecule has 1 aromatic rings. The van der Waals surface area contributed by atoms with E-state index < -0.39 is 0 Å². The van der Waals surface area contributed by atoms with Crippen LogP contribution in [0.4, 0.5) is 17.8 Å². The molecule has 0 saturated carbocycles. The summed E-state index contributed by atoms with van der Waals surface area (Å²) < 4.78 is 0. The molecular formula is C6H9ClN6. The summed E-state index contributed by atoms with van der Waals surface area (Å²) in [7, 11) is 0. The van der Waals surface area contributed by atoms with Crippen LogP contribution in [-0.4, -0.2) is 21.5 Å². The number of hydrogen-bond acceptors (Lipinski definition) is 6. The van der Waals surface area contributed by atoms with Crippen molar-refractivity contribution in [2.75, 3.05) is 23.3 Å². The zero-order valence-corrected chi connectivity index (χ0v) is 7.51. The van der Waals surface area contributed by atoms with Crippen LogP contribution in [0.25, 0.3) is 0 Å². The number of nitrogens with one attached hydrogen (secondary N) is 1. The van der Waals surface area contributed by atoms with E-state index >= 15 is 0 Å². The number of hydrogen-bond donors (Lipinski definition) is 3. The zero-order valence-electron chi connectivity index (χ0n) is 6.69. The molecule has 0 fully saturated rings. The molecule has 0 amide bonds. The van der Waals surface area contributed by atoms with Gasteiger partial charge in [0.25, 0.3) is 0 Å². The zero-order chi connectivity index (χ0) is 8.97. The van der Waals surface area contributed by atoms with Crippen molar-refractivity contribution in [3.8, 4) is 12.3 Å². The Morgan fingerprint density at radius 1 is 1.23 bits per heavy atom. The molecule has 0 spiro atoms. The molecule has 0 unspecified atom stereocenters. The molecule has 5 N–H and O–H groups in total. The minimum Gasteiger partial charge on any atom is -0.368 e. The van der Waals surface area contributed by atoms with Crippen molar-refractivity contribution in [2.24, 2.45) is 0 Å². The van der Waals surface area contributed by atoms with Crippen LogP contribution in [0, 0.1) is 12.3 Å². The number of anilines is 3. The molecule has 0 aromatic carbocycles. The topological polar surface area (TPSA) is 103 Å². The minimum absolute atomic E-state index is 0. The molecule has 13 heavy (non-hydrogen) atoms. The van der Waals surface area contributed by atoms with Gasteiger partial charge in [0.05, 0.1) is 6.54 Å². The van der Waals surface area contributed by atoms with Crippen LogP contribution < -0.4 is 16.8 Å². The molecule has 1 heterocycles. The SMILES string of the molecule is C#CCNc1nc(N)nc(N)n1.Cl. The first-order valence-electron chi connectivity index (χ1n) is 3.16. The van der Waals surface area contributed by atoms with Gasteiger partial charge in [0.2, 0.25) is 17.8 Å². The lowest BCUT2D eigenvalue weighted by Gasteiger charge is -2.00. The van der Waals surface area contributed by atoms with E-state index in [1.807, 2.05) is 0 Å². The Hall–Kier alpha value is -1.74. The molecule has 1 aromatic heterocycles. The molecule has 70 valence electrons. The van der Waals surface area contributed by atoms with E-state index in [9.17, 15) is 0 Å². The maximum absolute atomic E-state index is 5.30. The number of halogens is 1. The Balaban J connectivity index is 0.00000144. The van der Waals surface area contributed by atoms with Gasteiger partial charge < -0.3 is 16.8 Å². The highest BCUT2D eigenvalue weighted by molar-refractivity contribution is 5.85. The monoisotopic (exact) mass is 200 g/mol. The van der Waals surface area contributed by atoms with E-state index in [2.05, 4.69) is 26.2 Å². The maximum Gasteiger partial charge on any atom is 0.230 e. The summed E-state index contributed by atoms with van der Waals surface area (Å²) in [5, 5.41) is 2.72. The quantitative estimate of drug-likeness (QED) is 0.557. The molecular weight excluding hydrogens is 192 g/mol. The minimum atomic E-state index is 0. The third-order valence-electron chi connectivity index (χ3n) is 1.02. The van der Waals surface area contributed by atoms with Crippen LogP contribution >= 0.6 is 12.4 Å². The van der Waals surface area contributed by atoms with Crippen molar-refractivity contribution in [3.63, 3.8) is 0 Å². The van der Waals surface area contributed by atoms with E-state index in [1.165, 1.54) is 0 Å². The molecule has 0 aliphatic heterocycles. The fraction of sp³-hybridized carbons (Fsp3) is 0.167. The lowest BCUT2D eigenvalue weighted by atomic mass is 10.6. The molecule has 0 radical (unpaired) electrons. The first-order valence-corrected chi connectivity index (χ1v) is 3.16. The summed E-state index contributed by atoms with van der Waals surface area (Å²) in [5.41, 5.74) is 10.6. The lowest BCUT2D eigenvalue weighted by Crippen LogP contribution is -2.09. The van der Waals surface area contributed by atoms with Crippen molar-refractivity contribution in [1.82, 2.24) is 15.0 Å². The first-order chi connectivity index (χ1) is 5.72. The largest absolute Gasteiger partial charge is 0.368 e. The number of terminal acetylenes is 1. The van der Waals surface area contributed by atoms with Gasteiger partial charge in [0.1, 0.15) is 0 Å². The summed E-state index contributed by atoms with van der Waals surface area (Å²) >= 11 is 0. The second-order valence-electron chi connectivity index (χ2n) is 1.93. The van der Waals surface area contributed by atoms with Crippen molar-refractivity contribution in [2.45, 2.75) is 0 Å². The van der Waals surface area contributed by atoms with Gasteiger partial charge in [-0.25, -0.2) is 0 Å². The summed E-state index contributed by atoms with van der Waals surface area (Å²) in [6, 6.07) is 0. The Bertz CT molecular complexity index is 299. The van der Waals surface area contributed by atoms with Crippen molar-refractivity contribution < 1.29 is 0 Å². The highest BCUT2D eigenvalue weighted by Crippen LogP contribution is 2.01. The Kier molecular flexibility index (Phi) is 4.33. The predicted octanol–water partition coefficient (Wildman–Crippen LogP) is -0.497. The van der Waals surface area contributed by atoms with Crippen LogP contribution in [0.1, 0.15) is 0 Å². The first kappa shape index (κ1) is 11.3. The summed E-state index contributed by atoms with van der Waals surface area (Å²) in [4.78, 5) is 11.1. The number of aromatic nitrogens is 3. The summed E-state index contributed by atoms with van der Waals surface area (Å²) in [6.07, 6.45) is 5.01. The molecule has 0 bridgehead atoms.